The number of piperazine rings is 1. The molecule has 7 heteroatoms. The van der Waals surface area contributed by atoms with Crippen molar-refractivity contribution in [2.75, 3.05) is 46.8 Å². The van der Waals surface area contributed by atoms with Crippen LogP contribution in [0.4, 0.5) is 4.79 Å². The second kappa shape index (κ2) is 7.82. The number of hydrogen-bond donors (Lipinski definition) is 1. The predicted octanol–water partition coefficient (Wildman–Crippen LogP) is 2.15. The number of fused-ring (bicyclic) bond motifs is 1. The molecular weight excluding hydrogens is 352 g/mol. The van der Waals surface area contributed by atoms with Gasteiger partial charge in [0, 0.05) is 63.9 Å². The Morgan fingerprint density at radius 1 is 1.29 bits per heavy atom. The van der Waals surface area contributed by atoms with Gasteiger partial charge in [-0.15, -0.1) is 0 Å². The maximum Gasteiger partial charge on any atom is 0.319 e. The number of amides is 2. The first-order valence-corrected chi connectivity index (χ1v) is 9.95. The Balaban J connectivity index is 1.44. The molecule has 1 unspecified atom stereocenters. The van der Waals surface area contributed by atoms with Gasteiger partial charge in [-0.1, -0.05) is 0 Å². The highest BCUT2D eigenvalue weighted by Gasteiger charge is 2.32. The summed E-state index contributed by atoms with van der Waals surface area (Å²) in [6.45, 7) is 4.11. The van der Waals surface area contributed by atoms with Crippen molar-refractivity contribution in [3.63, 3.8) is 0 Å². The molecule has 1 N–H and O–H groups in total. The molecule has 1 radical (unpaired) electrons. The minimum Gasteiger partial charge on any atom is -0.361 e. The smallest absolute Gasteiger partial charge is 0.319 e. The van der Waals surface area contributed by atoms with Gasteiger partial charge in [0.1, 0.15) is 0 Å². The van der Waals surface area contributed by atoms with Gasteiger partial charge in [-0.25, -0.2) is 10.1 Å². The Hall–Kier alpha value is -2.56. The average molecular weight is 379 g/mol. The summed E-state index contributed by atoms with van der Waals surface area (Å²) >= 11 is 0. The summed E-state index contributed by atoms with van der Waals surface area (Å²) in [5.41, 5.74) is 3.09. The number of benzene rings is 1. The molecule has 0 bridgehead atoms. The van der Waals surface area contributed by atoms with E-state index in [1.807, 2.05) is 23.1 Å². The Morgan fingerprint density at radius 3 is 2.79 bits per heavy atom. The van der Waals surface area contributed by atoms with E-state index in [1.165, 1.54) is 5.56 Å². The van der Waals surface area contributed by atoms with Gasteiger partial charge >= 0.3 is 6.03 Å². The van der Waals surface area contributed by atoms with Crippen molar-refractivity contribution in [2.24, 2.45) is 0 Å². The topological polar surface area (TPSA) is 80.5 Å². The van der Waals surface area contributed by atoms with Gasteiger partial charge in [-0.2, -0.15) is 5.26 Å². The van der Waals surface area contributed by atoms with Crippen molar-refractivity contribution in [2.45, 2.75) is 24.9 Å². The van der Waals surface area contributed by atoms with E-state index in [1.54, 1.807) is 19.0 Å². The molecule has 2 atom stereocenters. The predicted molar refractivity (Wildman–Crippen MR) is 108 cm³/mol. The average Bonchev–Trinajstić information content (AvgIpc) is 3.16. The number of piperidine rings is 1. The monoisotopic (exact) mass is 379 g/mol. The van der Waals surface area contributed by atoms with E-state index >= 15 is 0 Å². The minimum absolute atomic E-state index is 0.0881. The van der Waals surface area contributed by atoms with Gasteiger partial charge in [-0.3, -0.25) is 4.90 Å². The van der Waals surface area contributed by atoms with Crippen molar-refractivity contribution in [1.29, 1.82) is 5.26 Å². The number of carbonyl (C=O) groups excluding carboxylic acids is 1. The highest BCUT2D eigenvalue weighted by atomic mass is 16.2. The zero-order valence-electron chi connectivity index (χ0n) is 16.6. The molecule has 147 valence electrons. The lowest BCUT2D eigenvalue weighted by molar-refractivity contribution is 0.0672. The van der Waals surface area contributed by atoms with Crippen LogP contribution in [0.25, 0.3) is 10.9 Å². The molecule has 28 heavy (non-hydrogen) atoms. The molecule has 2 amide bonds. The summed E-state index contributed by atoms with van der Waals surface area (Å²) in [6, 6.07) is 8.17. The second-order valence-electron chi connectivity index (χ2n) is 7.92. The normalized spacial score (nSPS) is 23.5. The third kappa shape index (κ3) is 3.58. The molecule has 1 aromatic carbocycles. The SMILES string of the molecule is CN(C)C(=O)N1CCN([C@@H]2CC(c3c[nH]c4ccc(C#N)cc34)CC[N]2)CC1. The van der Waals surface area contributed by atoms with Crippen LogP contribution in [-0.2, 0) is 0 Å². The molecule has 0 saturated carbocycles. The largest absolute Gasteiger partial charge is 0.361 e. The van der Waals surface area contributed by atoms with Crippen LogP contribution in [0.15, 0.2) is 24.4 Å². The first kappa shape index (κ1) is 18.8. The highest BCUT2D eigenvalue weighted by molar-refractivity contribution is 5.85. The number of aromatic nitrogens is 1. The number of rotatable bonds is 2. The first-order chi connectivity index (χ1) is 13.6. The fourth-order valence-corrected chi connectivity index (χ4v) is 4.42. The molecule has 2 aliphatic rings. The van der Waals surface area contributed by atoms with Crippen molar-refractivity contribution in [3.05, 3.63) is 35.5 Å². The van der Waals surface area contributed by atoms with Gasteiger partial charge in [0.2, 0.25) is 0 Å². The van der Waals surface area contributed by atoms with Gasteiger partial charge in [-0.05, 0) is 42.5 Å². The number of nitriles is 1. The summed E-state index contributed by atoms with van der Waals surface area (Å²) in [4.78, 5) is 21.5. The quantitative estimate of drug-likeness (QED) is 0.868. The van der Waals surface area contributed by atoms with Crippen LogP contribution in [0.5, 0.6) is 0 Å². The molecule has 2 saturated heterocycles. The standard InChI is InChI=1S/C21H27N6O/c1-25(2)21(28)27-9-7-26(8-10-27)20-12-16(5-6-23-20)18-14-24-19-4-3-15(13-22)11-17(18)19/h3-4,11,14,16,20,24H,5-10,12H2,1-2H3/t16?,20-/m1/s1. The van der Waals surface area contributed by atoms with Gasteiger partial charge in [0.05, 0.1) is 17.8 Å². The second-order valence-corrected chi connectivity index (χ2v) is 7.92. The summed E-state index contributed by atoms with van der Waals surface area (Å²) in [5, 5.41) is 15.3. The molecule has 7 nitrogen and oxygen atoms in total. The maximum absolute atomic E-state index is 12.1. The van der Waals surface area contributed by atoms with Gasteiger partial charge in [0.15, 0.2) is 0 Å². The maximum atomic E-state index is 12.1. The van der Waals surface area contributed by atoms with E-state index in [9.17, 15) is 10.1 Å². The van der Waals surface area contributed by atoms with E-state index in [-0.39, 0.29) is 12.2 Å². The molecular formula is C21H27N6O. The summed E-state index contributed by atoms with van der Waals surface area (Å²) in [5.74, 6) is 0.437. The van der Waals surface area contributed by atoms with Crippen LogP contribution in [0.3, 0.4) is 0 Å². The molecule has 4 rings (SSSR count). The number of carbonyl (C=O) groups is 1. The van der Waals surface area contributed by atoms with Crippen LogP contribution in [0.1, 0.15) is 29.9 Å². The fourth-order valence-electron chi connectivity index (χ4n) is 4.42. The molecule has 0 spiro atoms. The lowest BCUT2D eigenvalue weighted by atomic mass is 9.87. The number of nitrogens with zero attached hydrogens (tertiary/aromatic N) is 5. The lowest BCUT2D eigenvalue weighted by Crippen LogP contribution is -2.56. The van der Waals surface area contributed by atoms with E-state index in [0.29, 0.717) is 11.5 Å². The zero-order chi connectivity index (χ0) is 19.7. The third-order valence-electron chi connectivity index (χ3n) is 5.98. The molecule has 0 aliphatic carbocycles. The highest BCUT2D eigenvalue weighted by Crippen LogP contribution is 2.34. The summed E-state index contributed by atoms with van der Waals surface area (Å²) < 4.78 is 0. The minimum atomic E-state index is 0.0881. The first-order valence-electron chi connectivity index (χ1n) is 9.95. The Morgan fingerprint density at radius 2 is 2.07 bits per heavy atom. The Labute approximate surface area is 165 Å². The molecule has 2 aromatic rings. The third-order valence-corrected chi connectivity index (χ3v) is 5.98. The van der Waals surface area contributed by atoms with E-state index in [4.69, 9.17) is 5.32 Å². The van der Waals surface area contributed by atoms with E-state index < -0.39 is 0 Å². The van der Waals surface area contributed by atoms with Crippen LogP contribution in [-0.4, -0.2) is 78.7 Å². The van der Waals surface area contributed by atoms with Crippen LogP contribution in [0.2, 0.25) is 0 Å². The van der Waals surface area contributed by atoms with Gasteiger partial charge in [0.25, 0.3) is 0 Å². The zero-order valence-corrected chi connectivity index (χ0v) is 16.6. The number of urea groups is 1. The molecule has 3 heterocycles. The van der Waals surface area contributed by atoms with Crippen LogP contribution < -0.4 is 5.32 Å². The number of aromatic amines is 1. The Bertz CT molecular complexity index is 890. The molecule has 2 fully saturated rings. The van der Waals surface area contributed by atoms with E-state index in [0.717, 1.165) is 56.5 Å². The molecule has 1 aromatic heterocycles. The number of nitrogens with one attached hydrogen (secondary N) is 1. The molecule has 2 aliphatic heterocycles. The van der Waals surface area contributed by atoms with Crippen molar-refractivity contribution >= 4 is 16.9 Å². The fraction of sp³-hybridized carbons (Fsp3) is 0.524. The number of H-pyrrole nitrogens is 1. The van der Waals surface area contributed by atoms with Crippen molar-refractivity contribution < 1.29 is 4.79 Å². The van der Waals surface area contributed by atoms with Gasteiger partial charge < -0.3 is 14.8 Å². The lowest BCUT2D eigenvalue weighted by Gasteiger charge is -2.42. The van der Waals surface area contributed by atoms with Crippen molar-refractivity contribution in [3.8, 4) is 6.07 Å². The summed E-state index contributed by atoms with van der Waals surface area (Å²) in [7, 11) is 3.60. The Kier molecular flexibility index (Phi) is 5.25. The van der Waals surface area contributed by atoms with Crippen LogP contribution >= 0.6 is 0 Å². The van der Waals surface area contributed by atoms with E-state index in [2.05, 4.69) is 22.1 Å². The van der Waals surface area contributed by atoms with Crippen LogP contribution in [0, 0.1) is 11.3 Å². The summed E-state index contributed by atoms with van der Waals surface area (Å²) in [6.07, 6.45) is 4.34. The number of hydrogen-bond acceptors (Lipinski definition) is 3. The van der Waals surface area contributed by atoms with Crippen molar-refractivity contribution in [1.82, 2.24) is 25.0 Å².